The van der Waals surface area contributed by atoms with Gasteiger partial charge in [0.25, 0.3) is 0 Å². The van der Waals surface area contributed by atoms with Crippen LogP contribution in [0, 0.1) is 19.8 Å². The second kappa shape index (κ2) is 4.43. The van der Waals surface area contributed by atoms with E-state index in [1.54, 1.807) is 13.0 Å². The molecule has 0 saturated carbocycles. The fraction of sp³-hybridized carbons (Fsp3) is 0.462. The van der Waals surface area contributed by atoms with Crippen LogP contribution in [0.2, 0.25) is 0 Å². The van der Waals surface area contributed by atoms with Gasteiger partial charge in [0.15, 0.2) is 0 Å². The molecule has 0 radical (unpaired) electrons. The monoisotopic (exact) mass is 274 g/mol. The highest BCUT2D eigenvalue weighted by Gasteiger charge is 2.52. The summed E-state index contributed by atoms with van der Waals surface area (Å²) < 4.78 is 43.4. The summed E-state index contributed by atoms with van der Waals surface area (Å²) in [6.45, 7) is 3.59. The Bertz CT molecular complexity index is 523. The van der Waals surface area contributed by atoms with Crippen molar-refractivity contribution < 1.29 is 27.8 Å². The number of halogens is 3. The van der Waals surface area contributed by atoms with Gasteiger partial charge in [-0.1, -0.05) is 6.07 Å². The van der Waals surface area contributed by atoms with Gasteiger partial charge in [-0.2, -0.15) is 13.2 Å². The third-order valence-corrected chi connectivity index (χ3v) is 3.38. The van der Waals surface area contributed by atoms with Crippen LogP contribution in [0.4, 0.5) is 13.2 Å². The first-order valence-electron chi connectivity index (χ1n) is 5.76. The van der Waals surface area contributed by atoms with Crippen molar-refractivity contribution in [3.8, 4) is 5.75 Å². The Morgan fingerprint density at radius 3 is 2.42 bits per heavy atom. The maximum Gasteiger partial charge on any atom is 0.426 e. The molecule has 0 unspecified atom stereocenters. The van der Waals surface area contributed by atoms with Crippen LogP contribution >= 0.6 is 0 Å². The van der Waals surface area contributed by atoms with Crippen molar-refractivity contribution in [2.45, 2.75) is 32.5 Å². The van der Waals surface area contributed by atoms with Gasteiger partial charge in [-0.15, -0.1) is 0 Å². The quantitative estimate of drug-likeness (QED) is 0.856. The Morgan fingerprint density at radius 1 is 1.32 bits per heavy atom. The number of fused-ring (bicyclic) bond motifs is 1. The molecule has 104 valence electrons. The van der Waals surface area contributed by atoms with Gasteiger partial charge in [0, 0.05) is 0 Å². The second-order valence-electron chi connectivity index (χ2n) is 4.77. The Labute approximate surface area is 108 Å². The lowest BCUT2D eigenvalue weighted by atomic mass is 9.88. The molecule has 6 heteroatoms. The molecule has 1 N–H and O–H groups in total. The maximum atomic E-state index is 12.8. The van der Waals surface area contributed by atoms with Crippen LogP contribution in [0.25, 0.3) is 0 Å². The molecular weight excluding hydrogens is 261 g/mol. The molecule has 1 aliphatic heterocycles. The third-order valence-electron chi connectivity index (χ3n) is 3.38. The van der Waals surface area contributed by atoms with E-state index in [0.717, 1.165) is 11.1 Å². The van der Waals surface area contributed by atoms with E-state index in [1.807, 2.05) is 6.92 Å². The Morgan fingerprint density at radius 2 is 1.89 bits per heavy atom. The molecule has 2 atom stereocenters. The van der Waals surface area contributed by atoms with Crippen LogP contribution in [-0.2, 0) is 11.2 Å². The van der Waals surface area contributed by atoms with Gasteiger partial charge < -0.3 is 9.84 Å². The molecule has 0 bridgehead atoms. The summed E-state index contributed by atoms with van der Waals surface area (Å²) in [5.41, 5.74) is 2.22. The van der Waals surface area contributed by atoms with Crippen LogP contribution in [-0.4, -0.2) is 23.4 Å². The number of carboxylic acid groups (broad SMARTS) is 1. The van der Waals surface area contributed by atoms with E-state index in [-0.39, 0.29) is 12.2 Å². The smallest absolute Gasteiger partial charge is 0.426 e. The number of benzene rings is 1. The molecule has 1 heterocycles. The Balaban J connectivity index is 2.45. The van der Waals surface area contributed by atoms with Crippen molar-refractivity contribution in [3.05, 3.63) is 28.8 Å². The molecule has 0 aromatic heterocycles. The van der Waals surface area contributed by atoms with Crippen molar-refractivity contribution in [1.29, 1.82) is 0 Å². The number of hydrogen-bond donors (Lipinski definition) is 1. The first kappa shape index (κ1) is 13.7. The summed E-state index contributed by atoms with van der Waals surface area (Å²) in [5, 5.41) is 8.94. The molecule has 1 aliphatic rings. The summed E-state index contributed by atoms with van der Waals surface area (Å²) >= 11 is 0. The van der Waals surface area contributed by atoms with Crippen molar-refractivity contribution in [2.24, 2.45) is 5.92 Å². The normalized spacial score (nSPS) is 22.6. The van der Waals surface area contributed by atoms with Crippen LogP contribution < -0.4 is 4.74 Å². The first-order valence-corrected chi connectivity index (χ1v) is 5.76. The summed E-state index contributed by atoms with van der Waals surface area (Å²) in [7, 11) is 0. The van der Waals surface area contributed by atoms with Crippen molar-refractivity contribution in [2.75, 3.05) is 0 Å². The highest BCUT2D eigenvalue weighted by atomic mass is 19.4. The highest BCUT2D eigenvalue weighted by molar-refractivity contribution is 5.72. The fourth-order valence-corrected chi connectivity index (χ4v) is 2.19. The second-order valence-corrected chi connectivity index (χ2v) is 4.77. The molecule has 0 saturated heterocycles. The van der Waals surface area contributed by atoms with Crippen LogP contribution in [0.1, 0.15) is 16.7 Å². The zero-order valence-electron chi connectivity index (χ0n) is 10.4. The predicted octanol–water partition coefficient (Wildman–Crippen LogP) is 2.87. The number of alkyl halides is 3. The summed E-state index contributed by atoms with van der Waals surface area (Å²) in [5.74, 6) is -2.97. The van der Waals surface area contributed by atoms with Gasteiger partial charge in [-0.3, -0.25) is 4.79 Å². The lowest BCUT2D eigenvalue weighted by Gasteiger charge is -2.32. The standard InChI is InChI=1S/C13H13F3O3/c1-6-3-8-5-9(12(17)18)11(13(14,15)16)19-10(8)4-7(6)2/h3-4,9,11H,5H2,1-2H3,(H,17,18)/t9-,11+/m1/s1. The number of ether oxygens (including phenoxy) is 1. The van der Waals surface area contributed by atoms with Crippen molar-refractivity contribution >= 4 is 5.97 Å². The Hall–Kier alpha value is -1.72. The number of rotatable bonds is 1. The average Bonchev–Trinajstić information content (AvgIpc) is 2.27. The average molecular weight is 274 g/mol. The number of aliphatic carboxylic acids is 1. The van der Waals surface area contributed by atoms with Gasteiger partial charge in [-0.25, -0.2) is 0 Å². The van der Waals surface area contributed by atoms with E-state index in [0.29, 0.717) is 5.56 Å². The largest absolute Gasteiger partial charge is 0.481 e. The first-order chi connectivity index (χ1) is 8.70. The molecule has 0 aliphatic carbocycles. The molecule has 1 aromatic carbocycles. The van der Waals surface area contributed by atoms with Gasteiger partial charge >= 0.3 is 12.1 Å². The molecule has 0 spiro atoms. The molecule has 19 heavy (non-hydrogen) atoms. The molecule has 1 aromatic rings. The molecular formula is C13H13F3O3. The number of carboxylic acids is 1. The minimum absolute atomic E-state index is 0.128. The van der Waals surface area contributed by atoms with Gasteiger partial charge in [0.1, 0.15) is 11.7 Å². The van der Waals surface area contributed by atoms with Crippen molar-refractivity contribution in [1.82, 2.24) is 0 Å². The van der Waals surface area contributed by atoms with Crippen LogP contribution in [0.15, 0.2) is 12.1 Å². The summed E-state index contributed by atoms with van der Waals surface area (Å²) in [6, 6.07) is 3.22. The summed E-state index contributed by atoms with van der Waals surface area (Å²) in [4.78, 5) is 11.0. The minimum atomic E-state index is -4.69. The number of carbonyl (C=O) groups is 1. The third kappa shape index (κ3) is 2.52. The molecule has 0 amide bonds. The minimum Gasteiger partial charge on any atom is -0.481 e. The SMILES string of the molecule is Cc1cc2c(cc1C)O[C@H](C(F)(F)F)[C@H](C(=O)O)C2. The van der Waals surface area contributed by atoms with E-state index in [4.69, 9.17) is 9.84 Å². The maximum absolute atomic E-state index is 12.8. The number of hydrogen-bond acceptors (Lipinski definition) is 2. The van der Waals surface area contributed by atoms with E-state index in [1.165, 1.54) is 6.07 Å². The van der Waals surface area contributed by atoms with Gasteiger partial charge in [-0.05, 0) is 43.0 Å². The van der Waals surface area contributed by atoms with E-state index >= 15 is 0 Å². The molecule has 2 rings (SSSR count). The topological polar surface area (TPSA) is 46.5 Å². The zero-order chi connectivity index (χ0) is 14.4. The van der Waals surface area contributed by atoms with Crippen LogP contribution in [0.3, 0.4) is 0 Å². The van der Waals surface area contributed by atoms with Crippen molar-refractivity contribution in [3.63, 3.8) is 0 Å². The van der Waals surface area contributed by atoms with Gasteiger partial charge in [0.2, 0.25) is 6.10 Å². The molecule has 0 fully saturated rings. The van der Waals surface area contributed by atoms with E-state index in [9.17, 15) is 18.0 Å². The van der Waals surface area contributed by atoms with E-state index in [2.05, 4.69) is 0 Å². The zero-order valence-corrected chi connectivity index (χ0v) is 10.4. The van der Waals surface area contributed by atoms with Crippen LogP contribution in [0.5, 0.6) is 5.75 Å². The fourth-order valence-electron chi connectivity index (χ4n) is 2.19. The van der Waals surface area contributed by atoms with E-state index < -0.39 is 24.2 Å². The predicted molar refractivity (Wildman–Crippen MR) is 61.2 cm³/mol. The Kier molecular flexibility index (Phi) is 3.20. The van der Waals surface area contributed by atoms with Gasteiger partial charge in [0.05, 0.1) is 0 Å². The summed E-state index contributed by atoms with van der Waals surface area (Å²) in [6.07, 6.45) is -7.16. The highest BCUT2D eigenvalue weighted by Crippen LogP contribution is 2.39. The lowest BCUT2D eigenvalue weighted by molar-refractivity contribution is -0.217. The number of aryl methyl sites for hydroxylation is 2. The lowest BCUT2D eigenvalue weighted by Crippen LogP contribution is -2.47. The molecule has 3 nitrogen and oxygen atoms in total.